The number of carbonyl (C=O) groups excluding carboxylic acids is 1. The second-order valence-electron chi connectivity index (χ2n) is 22.0. The third-order valence-corrected chi connectivity index (χ3v) is 17.8. The fraction of sp³-hybridized carbons (Fsp3) is 0.755. The molecular weight excluding hydrogens is 792 g/mol. The number of esters is 1. The molecule has 340 valence electrons. The van der Waals surface area contributed by atoms with Gasteiger partial charge < -0.3 is 24.6 Å². The van der Waals surface area contributed by atoms with Gasteiger partial charge in [-0.05, 0) is 137 Å². The van der Waals surface area contributed by atoms with E-state index in [1.165, 1.54) is 5.57 Å². The van der Waals surface area contributed by atoms with Gasteiger partial charge in [-0.25, -0.2) is 9.67 Å². The molecule has 1 heterocycles. The van der Waals surface area contributed by atoms with Gasteiger partial charge in [0.1, 0.15) is 11.1 Å². The highest BCUT2D eigenvalue weighted by Crippen LogP contribution is 2.77. The van der Waals surface area contributed by atoms with Gasteiger partial charge in [0.15, 0.2) is 5.90 Å². The van der Waals surface area contributed by atoms with Gasteiger partial charge in [-0.15, -0.1) is 0 Å². The summed E-state index contributed by atoms with van der Waals surface area (Å²) in [6.45, 7) is 26.7. The molecule has 0 bridgehead atoms. The van der Waals surface area contributed by atoms with E-state index in [4.69, 9.17) is 21.1 Å². The van der Waals surface area contributed by atoms with Gasteiger partial charge in [-0.3, -0.25) is 19.1 Å². The third-order valence-electron chi connectivity index (χ3n) is 17.4. The summed E-state index contributed by atoms with van der Waals surface area (Å²) in [6.07, 6.45) is 10.1. The van der Waals surface area contributed by atoms with Crippen LogP contribution in [-0.4, -0.2) is 82.3 Å². The molecule has 9 atom stereocenters. The zero-order chi connectivity index (χ0) is 45.4. The van der Waals surface area contributed by atoms with Gasteiger partial charge in [0, 0.05) is 24.3 Å². The van der Waals surface area contributed by atoms with E-state index in [0.29, 0.717) is 42.9 Å². The van der Waals surface area contributed by atoms with Crippen molar-refractivity contribution in [3.05, 3.63) is 51.1 Å². The first-order chi connectivity index (χ1) is 28.3. The number of carbonyl (C=O) groups is 2. The number of aliphatic carboxylic acids is 1. The van der Waals surface area contributed by atoms with Crippen LogP contribution < -0.4 is 5.56 Å². The van der Waals surface area contributed by atoms with E-state index in [1.54, 1.807) is 44.8 Å². The van der Waals surface area contributed by atoms with Crippen molar-refractivity contribution in [3.8, 4) is 0 Å². The standard InChI is InChI=1S/C49H75ClN4O7/c1-15-31(28-51-30(4)60-14)54-42(57)40(50)41(53(54)25-24-52(12)13)49-23-22-47(10)32(39(49)38(29(2)3)33(55)26-49)16-17-35-46(9)20-19-36(61-37(56)27-44(5,6)43(58)59)45(7,8)34(46)18-21-48(35,47)11/h15,28-29,32-36,55H,1,16-27H2,2-14H3,(H,58,59)/b31-28+,51-30?/t32?,33-,34-,35+,36-,46-,47+,48?,49+/m0/s1. The summed E-state index contributed by atoms with van der Waals surface area (Å²) in [5, 5.41) is 22.2. The minimum Gasteiger partial charge on any atom is -0.484 e. The number of hydrogen-bond donors (Lipinski definition) is 2. The Kier molecular flexibility index (Phi) is 12.8. The number of methoxy groups -OCH3 is 1. The molecule has 1 aromatic heterocycles. The Morgan fingerprint density at radius 3 is 2.30 bits per heavy atom. The monoisotopic (exact) mass is 867 g/mol. The number of carboxylic acid groups (broad SMARTS) is 1. The number of aromatic nitrogens is 2. The summed E-state index contributed by atoms with van der Waals surface area (Å²) in [4.78, 5) is 46.2. The molecular formula is C49H75ClN4O7. The zero-order valence-corrected chi connectivity index (χ0v) is 40.2. The zero-order valence-electron chi connectivity index (χ0n) is 39.4. The van der Waals surface area contributed by atoms with Crippen molar-refractivity contribution in [3.63, 3.8) is 0 Å². The largest absolute Gasteiger partial charge is 0.484 e. The van der Waals surface area contributed by atoms with Crippen LogP contribution in [0.15, 0.2) is 39.8 Å². The molecule has 2 unspecified atom stereocenters. The van der Waals surface area contributed by atoms with E-state index in [0.717, 1.165) is 62.6 Å². The van der Waals surface area contributed by atoms with Crippen molar-refractivity contribution in [1.82, 2.24) is 14.3 Å². The van der Waals surface area contributed by atoms with E-state index in [-0.39, 0.29) is 56.6 Å². The van der Waals surface area contributed by atoms with Gasteiger partial charge >= 0.3 is 11.9 Å². The molecule has 1 aromatic rings. The van der Waals surface area contributed by atoms with Crippen LogP contribution in [0, 0.1) is 50.7 Å². The molecule has 11 nitrogen and oxygen atoms in total. The molecule has 0 aliphatic heterocycles. The number of hydrogen-bond acceptors (Lipinski definition) is 8. The molecule has 5 aliphatic rings. The lowest BCUT2D eigenvalue weighted by Crippen LogP contribution is -2.66. The van der Waals surface area contributed by atoms with Crippen molar-refractivity contribution >= 4 is 35.1 Å². The summed E-state index contributed by atoms with van der Waals surface area (Å²) in [5.74, 6) is 0.0549. The summed E-state index contributed by atoms with van der Waals surface area (Å²) in [5.41, 5.74) is 1.17. The molecule has 61 heavy (non-hydrogen) atoms. The predicted molar refractivity (Wildman–Crippen MR) is 242 cm³/mol. The Morgan fingerprint density at radius 2 is 1.70 bits per heavy atom. The predicted octanol–water partition coefficient (Wildman–Crippen LogP) is 9.35. The van der Waals surface area contributed by atoms with Crippen LogP contribution in [0.25, 0.3) is 5.70 Å². The average Bonchev–Trinajstić information content (AvgIpc) is 3.61. The van der Waals surface area contributed by atoms with Crippen molar-refractivity contribution in [2.75, 3.05) is 27.7 Å². The van der Waals surface area contributed by atoms with E-state index >= 15 is 0 Å². The Bertz CT molecular complexity index is 2070. The van der Waals surface area contributed by atoms with Crippen LogP contribution in [0.2, 0.25) is 5.02 Å². The van der Waals surface area contributed by atoms with Crippen molar-refractivity contribution in [2.24, 2.45) is 55.7 Å². The number of aliphatic hydroxyl groups excluding tert-OH is 1. The number of fused-ring (bicyclic) bond motifs is 7. The SMILES string of the molecule is C=C/C(=C\N=C(C)OC)n1c(=O)c(Cl)c([C@@]23CC[C@]4(C)C(CC[C@H]5C4(C)CC[C@H]4C(C)(C)[C@@H](OC(=O)CC(C)(C)C(=O)O)CC[C@@]45C)C2=C(C(C)C)[C@@H](O)C3)n1CCN(C)C. The average molecular weight is 868 g/mol. The Hall–Kier alpha value is -3.15. The van der Waals surface area contributed by atoms with E-state index in [2.05, 4.69) is 69.6 Å². The molecule has 5 aliphatic carbocycles. The highest BCUT2D eigenvalue weighted by molar-refractivity contribution is 6.31. The number of rotatable bonds is 12. The van der Waals surface area contributed by atoms with E-state index < -0.39 is 28.9 Å². The third kappa shape index (κ3) is 7.42. The molecule has 0 radical (unpaired) electrons. The number of carboxylic acids is 1. The first-order valence-electron chi connectivity index (χ1n) is 22.7. The molecule has 0 amide bonds. The smallest absolute Gasteiger partial charge is 0.309 e. The highest BCUT2D eigenvalue weighted by atomic mass is 35.5. The van der Waals surface area contributed by atoms with Crippen LogP contribution in [0.5, 0.6) is 0 Å². The molecule has 0 spiro atoms. The van der Waals surface area contributed by atoms with Gasteiger partial charge in [-0.2, -0.15) is 0 Å². The number of halogens is 1. The molecule has 2 N–H and O–H groups in total. The second-order valence-corrected chi connectivity index (χ2v) is 22.3. The second kappa shape index (κ2) is 16.4. The minimum atomic E-state index is -1.19. The lowest BCUT2D eigenvalue weighted by molar-refractivity contribution is -0.232. The molecule has 0 saturated heterocycles. The van der Waals surface area contributed by atoms with Crippen molar-refractivity contribution in [2.45, 2.75) is 158 Å². The molecule has 6 rings (SSSR count). The maximum atomic E-state index is 14.6. The Balaban J connectivity index is 1.43. The van der Waals surface area contributed by atoms with Gasteiger partial charge in [-0.1, -0.05) is 72.2 Å². The van der Waals surface area contributed by atoms with Crippen LogP contribution in [-0.2, 0) is 31.0 Å². The van der Waals surface area contributed by atoms with Crippen LogP contribution in [0.4, 0.5) is 0 Å². The molecule has 4 fully saturated rings. The maximum absolute atomic E-state index is 14.6. The fourth-order valence-corrected chi connectivity index (χ4v) is 14.5. The number of likely N-dealkylation sites (N-methyl/N-ethyl adjacent to an activating group) is 1. The van der Waals surface area contributed by atoms with E-state index in [9.17, 15) is 24.6 Å². The first-order valence-corrected chi connectivity index (χ1v) is 23.1. The van der Waals surface area contributed by atoms with Crippen molar-refractivity contribution < 1.29 is 29.3 Å². The lowest BCUT2D eigenvalue weighted by Gasteiger charge is -2.72. The Morgan fingerprint density at radius 1 is 1.03 bits per heavy atom. The van der Waals surface area contributed by atoms with Gasteiger partial charge in [0.05, 0.1) is 49.2 Å². The topological polar surface area (TPSA) is 136 Å². The number of aliphatic hydroxyl groups is 1. The Labute approximate surface area is 369 Å². The van der Waals surface area contributed by atoms with Gasteiger partial charge in [0.2, 0.25) is 0 Å². The highest BCUT2D eigenvalue weighted by Gasteiger charge is 2.71. The summed E-state index contributed by atoms with van der Waals surface area (Å²) < 4.78 is 15.2. The quantitative estimate of drug-likeness (QED) is 0.0698. The molecule has 4 saturated carbocycles. The summed E-state index contributed by atoms with van der Waals surface area (Å²) >= 11 is 7.40. The normalized spacial score (nSPS) is 35.1. The first kappa shape index (κ1) is 47.3. The number of aliphatic imine (C=N–C) groups is 1. The van der Waals surface area contributed by atoms with Crippen LogP contribution >= 0.6 is 11.6 Å². The number of ether oxygens (including phenoxy) is 2. The number of allylic oxidation sites excluding steroid dienone is 3. The van der Waals surface area contributed by atoms with Crippen LogP contribution in [0.1, 0.15) is 139 Å². The fourth-order valence-electron chi connectivity index (χ4n) is 14.1. The van der Waals surface area contributed by atoms with Crippen molar-refractivity contribution in [1.29, 1.82) is 0 Å². The lowest BCUT2D eigenvalue weighted by atomic mass is 9.33. The molecule has 12 heteroatoms. The minimum absolute atomic E-state index is 0.0109. The molecule has 0 aromatic carbocycles. The summed E-state index contributed by atoms with van der Waals surface area (Å²) in [6, 6.07) is 0. The maximum Gasteiger partial charge on any atom is 0.309 e. The van der Waals surface area contributed by atoms with Gasteiger partial charge in [0.25, 0.3) is 5.56 Å². The summed E-state index contributed by atoms with van der Waals surface area (Å²) in [7, 11) is 5.60. The van der Waals surface area contributed by atoms with E-state index in [1.807, 2.05) is 14.1 Å². The van der Waals surface area contributed by atoms with Crippen LogP contribution in [0.3, 0.4) is 0 Å². The number of nitrogens with zero attached hydrogens (tertiary/aromatic N) is 4.